The maximum absolute atomic E-state index is 13.5. The number of sulfonamides is 1. The van der Waals surface area contributed by atoms with Crippen LogP contribution in [0.25, 0.3) is 0 Å². The predicted molar refractivity (Wildman–Crippen MR) is 80.6 cm³/mol. The Bertz CT molecular complexity index is 682. The monoisotopic (exact) mass is 377 g/mol. The van der Waals surface area contributed by atoms with Crippen molar-refractivity contribution >= 4 is 31.9 Å². The summed E-state index contributed by atoms with van der Waals surface area (Å²) in [6.07, 6.45) is 0.196. The standard InChI is InChI=1S/C14H17BrFNO3S/c1-14(2,3)9-6-13(18)17(8-9)21(19,20)10-4-5-11(15)12(16)7-10/h4-5,7,9H,6,8H2,1-3H3. The van der Waals surface area contributed by atoms with Crippen LogP contribution in [0.15, 0.2) is 27.6 Å². The predicted octanol–water partition coefficient (Wildman–Crippen LogP) is 3.17. The number of nitrogens with zero attached hydrogens (tertiary/aromatic N) is 1. The molecule has 1 aliphatic rings. The molecule has 4 nitrogen and oxygen atoms in total. The average molecular weight is 378 g/mol. The maximum Gasteiger partial charge on any atom is 0.266 e. The van der Waals surface area contributed by atoms with Gasteiger partial charge >= 0.3 is 0 Å². The molecule has 116 valence electrons. The minimum Gasteiger partial charge on any atom is -0.274 e. The van der Waals surface area contributed by atoms with E-state index in [2.05, 4.69) is 15.9 Å². The summed E-state index contributed by atoms with van der Waals surface area (Å²) in [5, 5.41) is 0. The summed E-state index contributed by atoms with van der Waals surface area (Å²) in [6, 6.07) is 3.54. The summed E-state index contributed by atoms with van der Waals surface area (Å²) in [7, 11) is -4.00. The second kappa shape index (κ2) is 5.35. The number of carbonyl (C=O) groups excluding carboxylic acids is 1. The first-order valence-corrected chi connectivity index (χ1v) is 8.77. The van der Waals surface area contributed by atoms with Crippen LogP contribution in [0.3, 0.4) is 0 Å². The molecule has 0 radical (unpaired) electrons. The molecule has 1 saturated heterocycles. The normalized spacial score (nSPS) is 20.1. The molecule has 7 heteroatoms. The SMILES string of the molecule is CC(C)(C)C1CC(=O)N(S(=O)(=O)c2ccc(Br)c(F)c2)C1. The number of carbonyl (C=O) groups is 1. The van der Waals surface area contributed by atoms with Gasteiger partial charge in [0, 0.05) is 13.0 Å². The van der Waals surface area contributed by atoms with Gasteiger partial charge in [-0.3, -0.25) is 4.79 Å². The first-order chi connectivity index (χ1) is 9.53. The summed E-state index contributed by atoms with van der Waals surface area (Å²) >= 11 is 2.98. The molecule has 0 aromatic heterocycles. The van der Waals surface area contributed by atoms with Crippen LogP contribution < -0.4 is 0 Å². The maximum atomic E-state index is 13.5. The summed E-state index contributed by atoms with van der Waals surface area (Å²) < 4.78 is 39.6. The van der Waals surface area contributed by atoms with Crippen molar-refractivity contribution in [3.05, 3.63) is 28.5 Å². The molecule has 1 heterocycles. The van der Waals surface area contributed by atoms with Gasteiger partial charge in [-0.25, -0.2) is 17.1 Å². The third kappa shape index (κ3) is 3.13. The van der Waals surface area contributed by atoms with Gasteiger partial charge in [-0.1, -0.05) is 20.8 Å². The van der Waals surface area contributed by atoms with E-state index >= 15 is 0 Å². The fraction of sp³-hybridized carbons (Fsp3) is 0.500. The van der Waals surface area contributed by atoms with E-state index in [0.717, 1.165) is 10.4 Å². The first kappa shape index (κ1) is 16.4. The third-order valence-corrected chi connectivity index (χ3v) is 6.21. The second-order valence-electron chi connectivity index (χ2n) is 6.27. The highest BCUT2D eigenvalue weighted by Crippen LogP contribution is 2.36. The minimum absolute atomic E-state index is 0.0416. The van der Waals surface area contributed by atoms with Gasteiger partial charge in [0.15, 0.2) is 0 Å². The molecule has 1 unspecified atom stereocenters. The lowest BCUT2D eigenvalue weighted by Crippen LogP contribution is -2.33. The fourth-order valence-electron chi connectivity index (χ4n) is 2.26. The highest BCUT2D eigenvalue weighted by atomic mass is 79.9. The van der Waals surface area contributed by atoms with Crippen molar-refractivity contribution in [2.45, 2.75) is 32.1 Å². The Labute approximate surface area is 132 Å². The van der Waals surface area contributed by atoms with E-state index < -0.39 is 21.7 Å². The molecule has 2 rings (SSSR count). The summed E-state index contributed by atoms with van der Waals surface area (Å²) in [5.74, 6) is -1.14. The fourth-order valence-corrected chi connectivity index (χ4v) is 3.97. The Morgan fingerprint density at radius 3 is 2.43 bits per heavy atom. The zero-order chi connectivity index (χ0) is 16.0. The van der Waals surface area contributed by atoms with Crippen LogP contribution in [0.5, 0.6) is 0 Å². The van der Waals surface area contributed by atoms with Gasteiger partial charge in [0.1, 0.15) is 5.82 Å². The Balaban J connectivity index is 2.36. The number of amides is 1. The van der Waals surface area contributed by atoms with E-state index in [-0.39, 0.29) is 33.7 Å². The van der Waals surface area contributed by atoms with Crippen LogP contribution in [0, 0.1) is 17.2 Å². The third-order valence-electron chi connectivity index (χ3n) is 3.79. The lowest BCUT2D eigenvalue weighted by Gasteiger charge is -2.26. The lowest BCUT2D eigenvalue weighted by molar-refractivity contribution is -0.123. The van der Waals surface area contributed by atoms with E-state index in [1.807, 2.05) is 20.8 Å². The molecule has 21 heavy (non-hydrogen) atoms. The highest BCUT2D eigenvalue weighted by Gasteiger charge is 2.42. The lowest BCUT2D eigenvalue weighted by atomic mass is 9.80. The van der Waals surface area contributed by atoms with Crippen molar-refractivity contribution < 1.29 is 17.6 Å². The van der Waals surface area contributed by atoms with Crippen LogP contribution >= 0.6 is 15.9 Å². The van der Waals surface area contributed by atoms with Crippen molar-refractivity contribution in [2.75, 3.05) is 6.54 Å². The number of hydrogen-bond donors (Lipinski definition) is 0. The second-order valence-corrected chi connectivity index (χ2v) is 8.99. The van der Waals surface area contributed by atoms with E-state index in [1.54, 1.807) is 0 Å². The van der Waals surface area contributed by atoms with Gasteiger partial charge in [-0.2, -0.15) is 0 Å². The quantitative estimate of drug-likeness (QED) is 0.795. The Morgan fingerprint density at radius 2 is 1.95 bits per heavy atom. The topological polar surface area (TPSA) is 54.5 Å². The van der Waals surface area contributed by atoms with Gasteiger partial charge in [0.25, 0.3) is 10.0 Å². The molecule has 1 aliphatic heterocycles. The number of hydrogen-bond acceptors (Lipinski definition) is 3. The number of rotatable bonds is 2. The first-order valence-electron chi connectivity index (χ1n) is 6.54. The van der Waals surface area contributed by atoms with Crippen LogP contribution in [-0.4, -0.2) is 25.2 Å². The highest BCUT2D eigenvalue weighted by molar-refractivity contribution is 9.10. The smallest absolute Gasteiger partial charge is 0.266 e. The van der Waals surface area contributed by atoms with Crippen molar-refractivity contribution in [1.29, 1.82) is 0 Å². The zero-order valence-corrected chi connectivity index (χ0v) is 14.5. The molecule has 0 N–H and O–H groups in total. The molecule has 1 aromatic rings. The van der Waals surface area contributed by atoms with Crippen LogP contribution in [0.2, 0.25) is 0 Å². The van der Waals surface area contributed by atoms with Crippen molar-refractivity contribution in [3.63, 3.8) is 0 Å². The van der Waals surface area contributed by atoms with Crippen molar-refractivity contribution in [1.82, 2.24) is 4.31 Å². The molecule has 0 saturated carbocycles. The van der Waals surface area contributed by atoms with E-state index in [4.69, 9.17) is 0 Å². The van der Waals surface area contributed by atoms with Gasteiger partial charge in [0.05, 0.1) is 9.37 Å². The van der Waals surface area contributed by atoms with E-state index in [1.165, 1.54) is 12.1 Å². The van der Waals surface area contributed by atoms with E-state index in [0.29, 0.717) is 0 Å². The largest absolute Gasteiger partial charge is 0.274 e. The molecule has 1 fully saturated rings. The molecule has 1 atom stereocenters. The van der Waals surface area contributed by atoms with Gasteiger partial charge in [-0.15, -0.1) is 0 Å². The molecular weight excluding hydrogens is 361 g/mol. The molecule has 0 spiro atoms. The van der Waals surface area contributed by atoms with Crippen LogP contribution in [-0.2, 0) is 14.8 Å². The Hall–Kier alpha value is -0.950. The molecule has 1 aromatic carbocycles. The summed E-state index contributed by atoms with van der Waals surface area (Å²) in [4.78, 5) is 11.8. The minimum atomic E-state index is -4.00. The molecule has 0 aliphatic carbocycles. The molecule has 0 bridgehead atoms. The number of halogens is 2. The van der Waals surface area contributed by atoms with Crippen LogP contribution in [0.4, 0.5) is 4.39 Å². The van der Waals surface area contributed by atoms with Gasteiger partial charge < -0.3 is 0 Å². The molecule has 1 amide bonds. The van der Waals surface area contributed by atoms with Crippen LogP contribution in [0.1, 0.15) is 27.2 Å². The summed E-state index contributed by atoms with van der Waals surface area (Å²) in [6.45, 7) is 6.06. The van der Waals surface area contributed by atoms with E-state index in [9.17, 15) is 17.6 Å². The Morgan fingerprint density at radius 1 is 1.33 bits per heavy atom. The van der Waals surface area contributed by atoms with Crippen molar-refractivity contribution in [2.24, 2.45) is 11.3 Å². The average Bonchev–Trinajstić information content (AvgIpc) is 2.75. The van der Waals surface area contributed by atoms with Gasteiger partial charge in [-0.05, 0) is 45.5 Å². The van der Waals surface area contributed by atoms with Crippen molar-refractivity contribution in [3.8, 4) is 0 Å². The molecular formula is C14H17BrFNO3S. The van der Waals surface area contributed by atoms with Gasteiger partial charge in [0.2, 0.25) is 5.91 Å². The Kier molecular flexibility index (Phi) is 4.19. The zero-order valence-electron chi connectivity index (χ0n) is 12.1. The number of benzene rings is 1. The summed E-state index contributed by atoms with van der Waals surface area (Å²) in [5.41, 5.74) is -0.162.